The summed E-state index contributed by atoms with van der Waals surface area (Å²) in [6, 6.07) is 8.26. The molecule has 0 aliphatic carbocycles. The Bertz CT molecular complexity index is 733. The summed E-state index contributed by atoms with van der Waals surface area (Å²) in [6.07, 6.45) is 4.80. The monoisotopic (exact) mass is 314 g/mol. The Balaban J connectivity index is 1.68. The van der Waals surface area contributed by atoms with Gasteiger partial charge in [0, 0.05) is 24.5 Å². The summed E-state index contributed by atoms with van der Waals surface area (Å²) in [6.45, 7) is 5.14. The molecule has 22 heavy (non-hydrogen) atoms. The molecule has 0 atom stereocenters. The second-order valence-electron chi connectivity index (χ2n) is 4.85. The van der Waals surface area contributed by atoms with Crippen LogP contribution in [0.5, 0.6) is 0 Å². The van der Waals surface area contributed by atoms with E-state index in [2.05, 4.69) is 45.7 Å². The maximum Gasteiger partial charge on any atom is 0.237 e. The number of thioether (sulfide) groups is 1. The van der Waals surface area contributed by atoms with E-state index >= 15 is 0 Å². The first kappa shape index (κ1) is 14.8. The van der Waals surface area contributed by atoms with Gasteiger partial charge in [0.2, 0.25) is 11.7 Å². The first-order valence-electron chi connectivity index (χ1n) is 7.36. The van der Waals surface area contributed by atoms with Crippen molar-refractivity contribution in [2.75, 3.05) is 0 Å². The Labute approximate surface area is 133 Å². The molecule has 6 heteroatoms. The van der Waals surface area contributed by atoms with Gasteiger partial charge in [0.15, 0.2) is 5.16 Å². The topological polar surface area (TPSA) is 56.7 Å². The largest absolute Gasteiger partial charge is 0.338 e. The van der Waals surface area contributed by atoms with Crippen molar-refractivity contribution in [3.05, 3.63) is 48.1 Å². The Morgan fingerprint density at radius 3 is 2.73 bits per heavy atom. The van der Waals surface area contributed by atoms with E-state index in [9.17, 15) is 0 Å². The molecule has 2 aromatic heterocycles. The van der Waals surface area contributed by atoms with Gasteiger partial charge in [-0.1, -0.05) is 48.1 Å². The molecule has 0 saturated carbocycles. The summed E-state index contributed by atoms with van der Waals surface area (Å²) in [4.78, 5) is 8.78. The molecule has 0 bridgehead atoms. The van der Waals surface area contributed by atoms with Gasteiger partial charge >= 0.3 is 0 Å². The van der Waals surface area contributed by atoms with Crippen LogP contribution in [0.1, 0.15) is 25.3 Å². The summed E-state index contributed by atoms with van der Waals surface area (Å²) in [5.41, 5.74) is 2.28. The third kappa shape index (κ3) is 3.22. The second kappa shape index (κ2) is 6.79. The molecule has 0 saturated heterocycles. The van der Waals surface area contributed by atoms with Gasteiger partial charge in [-0.2, -0.15) is 4.98 Å². The smallest absolute Gasteiger partial charge is 0.237 e. The summed E-state index contributed by atoms with van der Waals surface area (Å²) in [5.74, 6) is 1.87. The van der Waals surface area contributed by atoms with Crippen LogP contribution in [0.2, 0.25) is 0 Å². The standard InChI is InChI=1S/C16H18N4OS/c1-3-12-5-7-13(8-6-12)15-18-14(21-19-15)11-22-16-17-9-10-20(16)4-2/h5-10H,3-4,11H2,1-2H3. The average Bonchev–Trinajstić information content (AvgIpc) is 3.21. The number of nitrogens with zero attached hydrogens (tertiary/aromatic N) is 4. The molecule has 2 heterocycles. The molecule has 0 aliphatic rings. The fourth-order valence-electron chi connectivity index (χ4n) is 2.12. The molecular formula is C16H18N4OS. The number of aromatic nitrogens is 4. The van der Waals surface area contributed by atoms with E-state index < -0.39 is 0 Å². The average molecular weight is 314 g/mol. The van der Waals surface area contributed by atoms with Gasteiger partial charge in [-0.15, -0.1) is 0 Å². The lowest BCUT2D eigenvalue weighted by atomic mass is 10.1. The lowest BCUT2D eigenvalue weighted by Crippen LogP contribution is -1.94. The molecule has 0 radical (unpaired) electrons. The molecule has 0 fully saturated rings. The Kier molecular flexibility index (Phi) is 4.58. The third-order valence-corrected chi connectivity index (χ3v) is 4.42. The van der Waals surface area contributed by atoms with Crippen LogP contribution in [-0.4, -0.2) is 19.7 Å². The minimum absolute atomic E-state index is 0.616. The Hall–Kier alpha value is -2.08. The summed E-state index contributed by atoms with van der Waals surface area (Å²) < 4.78 is 7.42. The number of hydrogen-bond donors (Lipinski definition) is 0. The molecule has 0 aliphatic heterocycles. The minimum atomic E-state index is 0.616. The van der Waals surface area contributed by atoms with E-state index in [0.717, 1.165) is 23.7 Å². The molecule has 3 aromatic rings. The highest BCUT2D eigenvalue weighted by Gasteiger charge is 2.10. The van der Waals surface area contributed by atoms with E-state index in [1.807, 2.05) is 18.3 Å². The van der Waals surface area contributed by atoms with E-state index in [1.54, 1.807) is 18.0 Å². The van der Waals surface area contributed by atoms with Crippen LogP contribution in [-0.2, 0) is 18.7 Å². The van der Waals surface area contributed by atoms with Crippen molar-refractivity contribution < 1.29 is 4.52 Å². The van der Waals surface area contributed by atoms with Crippen molar-refractivity contribution in [1.29, 1.82) is 0 Å². The van der Waals surface area contributed by atoms with E-state index in [4.69, 9.17) is 4.52 Å². The first-order chi connectivity index (χ1) is 10.8. The molecular weight excluding hydrogens is 296 g/mol. The highest BCUT2D eigenvalue weighted by molar-refractivity contribution is 7.98. The molecule has 1 aromatic carbocycles. The maximum atomic E-state index is 5.33. The zero-order valence-electron chi connectivity index (χ0n) is 12.7. The van der Waals surface area contributed by atoms with Gasteiger partial charge in [0.25, 0.3) is 0 Å². The predicted molar refractivity (Wildman–Crippen MR) is 86.6 cm³/mol. The number of rotatable bonds is 6. The van der Waals surface area contributed by atoms with Crippen molar-refractivity contribution in [2.24, 2.45) is 0 Å². The number of hydrogen-bond acceptors (Lipinski definition) is 5. The predicted octanol–water partition coefficient (Wildman–Crippen LogP) is 3.81. The summed E-state index contributed by atoms with van der Waals surface area (Å²) in [5, 5.41) is 5.02. The zero-order valence-corrected chi connectivity index (χ0v) is 13.5. The normalized spacial score (nSPS) is 11.0. The van der Waals surface area contributed by atoms with Crippen LogP contribution in [0.4, 0.5) is 0 Å². The van der Waals surface area contributed by atoms with Gasteiger partial charge in [0.1, 0.15) is 0 Å². The van der Waals surface area contributed by atoms with Crippen LogP contribution >= 0.6 is 11.8 Å². The molecule has 3 rings (SSSR count). The highest BCUT2D eigenvalue weighted by atomic mass is 32.2. The molecule has 0 amide bonds. The Morgan fingerprint density at radius 1 is 1.18 bits per heavy atom. The van der Waals surface area contributed by atoms with Gasteiger partial charge in [-0.05, 0) is 18.9 Å². The lowest BCUT2D eigenvalue weighted by molar-refractivity contribution is 0.391. The number of aryl methyl sites for hydroxylation is 2. The van der Waals surface area contributed by atoms with Crippen LogP contribution in [0.3, 0.4) is 0 Å². The van der Waals surface area contributed by atoms with Crippen molar-refractivity contribution in [1.82, 2.24) is 19.7 Å². The lowest BCUT2D eigenvalue weighted by Gasteiger charge is -2.01. The Morgan fingerprint density at radius 2 is 2.00 bits per heavy atom. The van der Waals surface area contributed by atoms with Gasteiger partial charge in [-0.3, -0.25) is 0 Å². The SMILES string of the molecule is CCc1ccc(-c2noc(CSc3nccn3CC)n2)cc1. The van der Waals surface area contributed by atoms with Crippen molar-refractivity contribution in [2.45, 2.75) is 37.7 Å². The molecule has 0 unspecified atom stereocenters. The maximum absolute atomic E-state index is 5.33. The van der Waals surface area contributed by atoms with Crippen molar-refractivity contribution in [3.63, 3.8) is 0 Å². The second-order valence-corrected chi connectivity index (χ2v) is 5.79. The van der Waals surface area contributed by atoms with Crippen LogP contribution in [0.25, 0.3) is 11.4 Å². The molecule has 5 nitrogen and oxygen atoms in total. The molecule has 0 spiro atoms. The van der Waals surface area contributed by atoms with Gasteiger partial charge < -0.3 is 9.09 Å². The van der Waals surface area contributed by atoms with Crippen LogP contribution < -0.4 is 0 Å². The van der Waals surface area contributed by atoms with Gasteiger partial charge in [0.05, 0.1) is 5.75 Å². The quantitative estimate of drug-likeness (QED) is 0.648. The van der Waals surface area contributed by atoms with Gasteiger partial charge in [-0.25, -0.2) is 4.98 Å². The molecule has 0 N–H and O–H groups in total. The number of imidazole rings is 1. The third-order valence-electron chi connectivity index (χ3n) is 3.43. The fourth-order valence-corrected chi connectivity index (χ4v) is 2.98. The summed E-state index contributed by atoms with van der Waals surface area (Å²) in [7, 11) is 0. The zero-order chi connectivity index (χ0) is 15.4. The highest BCUT2D eigenvalue weighted by Crippen LogP contribution is 2.22. The fraction of sp³-hybridized carbons (Fsp3) is 0.312. The van der Waals surface area contributed by atoms with Crippen LogP contribution in [0, 0.1) is 0 Å². The first-order valence-corrected chi connectivity index (χ1v) is 8.34. The van der Waals surface area contributed by atoms with Crippen molar-refractivity contribution >= 4 is 11.8 Å². The van der Waals surface area contributed by atoms with Crippen molar-refractivity contribution in [3.8, 4) is 11.4 Å². The molecule has 114 valence electrons. The van der Waals surface area contributed by atoms with E-state index in [1.165, 1.54) is 5.56 Å². The summed E-state index contributed by atoms with van der Waals surface area (Å²) >= 11 is 1.60. The van der Waals surface area contributed by atoms with E-state index in [-0.39, 0.29) is 0 Å². The minimum Gasteiger partial charge on any atom is -0.338 e. The van der Waals surface area contributed by atoms with Crippen LogP contribution in [0.15, 0.2) is 46.3 Å². The van der Waals surface area contributed by atoms with E-state index in [0.29, 0.717) is 17.5 Å². The number of benzene rings is 1.